The molecule has 1 aliphatic heterocycles. The van der Waals surface area contributed by atoms with E-state index in [-0.39, 0.29) is 17.9 Å². The van der Waals surface area contributed by atoms with Crippen molar-refractivity contribution in [3.63, 3.8) is 0 Å². The van der Waals surface area contributed by atoms with Gasteiger partial charge in [0.1, 0.15) is 5.82 Å². The Morgan fingerprint density at radius 3 is 2.64 bits per heavy atom. The summed E-state index contributed by atoms with van der Waals surface area (Å²) in [5, 5.41) is 6.20. The number of amides is 2. The molecule has 0 saturated carbocycles. The fourth-order valence-corrected chi connectivity index (χ4v) is 3.08. The number of aryl methyl sites for hydroxylation is 1. The monoisotopic (exact) mass is 342 g/mol. The summed E-state index contributed by atoms with van der Waals surface area (Å²) in [4.78, 5) is 19.2. The second-order valence-electron chi connectivity index (χ2n) is 6.32. The molecule has 2 amide bonds. The standard InChI is InChI=1S/C19H23FN4O/c1-14-3-2-4-17(22-14)13-24(18-9-11-21-12-10-18)19(25)23-16-7-5-15(20)6-8-16/h2-8,18,21H,9-13H2,1H3,(H,23,25). The van der Waals surface area contributed by atoms with Crippen LogP contribution in [0.1, 0.15) is 24.2 Å². The number of pyridine rings is 1. The number of aromatic nitrogens is 1. The van der Waals surface area contributed by atoms with E-state index in [0.717, 1.165) is 37.3 Å². The lowest BCUT2D eigenvalue weighted by atomic mass is 10.0. The summed E-state index contributed by atoms with van der Waals surface area (Å²) in [5.74, 6) is -0.322. The second kappa shape index (κ2) is 8.07. The number of rotatable bonds is 4. The Balaban J connectivity index is 1.76. The van der Waals surface area contributed by atoms with Gasteiger partial charge in [-0.05, 0) is 69.3 Å². The fraction of sp³-hybridized carbons (Fsp3) is 0.368. The van der Waals surface area contributed by atoms with Crippen LogP contribution >= 0.6 is 0 Å². The zero-order valence-electron chi connectivity index (χ0n) is 14.3. The molecule has 1 fully saturated rings. The predicted molar refractivity (Wildman–Crippen MR) is 95.8 cm³/mol. The molecule has 0 atom stereocenters. The molecule has 2 N–H and O–H groups in total. The number of urea groups is 1. The van der Waals surface area contributed by atoms with Crippen molar-refractivity contribution in [1.82, 2.24) is 15.2 Å². The molecule has 25 heavy (non-hydrogen) atoms. The van der Waals surface area contributed by atoms with Crippen LogP contribution in [0, 0.1) is 12.7 Å². The molecule has 0 spiro atoms. The highest BCUT2D eigenvalue weighted by molar-refractivity contribution is 5.89. The second-order valence-corrected chi connectivity index (χ2v) is 6.32. The van der Waals surface area contributed by atoms with Gasteiger partial charge in [-0.15, -0.1) is 0 Å². The number of hydrogen-bond acceptors (Lipinski definition) is 3. The highest BCUT2D eigenvalue weighted by atomic mass is 19.1. The molecule has 1 aromatic heterocycles. The van der Waals surface area contributed by atoms with Gasteiger partial charge in [-0.25, -0.2) is 9.18 Å². The van der Waals surface area contributed by atoms with Crippen molar-refractivity contribution in [2.24, 2.45) is 0 Å². The highest BCUT2D eigenvalue weighted by Crippen LogP contribution is 2.18. The first-order valence-corrected chi connectivity index (χ1v) is 8.58. The molecule has 2 aromatic rings. The summed E-state index contributed by atoms with van der Waals surface area (Å²) in [7, 11) is 0. The Labute approximate surface area is 147 Å². The van der Waals surface area contributed by atoms with Gasteiger partial charge in [-0.1, -0.05) is 6.07 Å². The molecule has 2 heterocycles. The number of anilines is 1. The first-order chi connectivity index (χ1) is 12.1. The number of piperidine rings is 1. The van der Waals surface area contributed by atoms with Crippen LogP contribution in [0.3, 0.4) is 0 Å². The van der Waals surface area contributed by atoms with Crippen LogP contribution in [0.25, 0.3) is 0 Å². The predicted octanol–water partition coefficient (Wildman–Crippen LogP) is 3.32. The van der Waals surface area contributed by atoms with E-state index < -0.39 is 0 Å². The van der Waals surface area contributed by atoms with Crippen molar-refractivity contribution in [2.75, 3.05) is 18.4 Å². The maximum absolute atomic E-state index is 13.1. The molecule has 6 heteroatoms. The molecule has 5 nitrogen and oxygen atoms in total. The number of carbonyl (C=O) groups is 1. The number of hydrogen-bond donors (Lipinski definition) is 2. The SMILES string of the molecule is Cc1cccc(CN(C(=O)Nc2ccc(F)cc2)C2CCNCC2)n1. The van der Waals surface area contributed by atoms with Crippen LogP contribution in [0.15, 0.2) is 42.5 Å². The Kier molecular flexibility index (Phi) is 5.60. The summed E-state index contributed by atoms with van der Waals surface area (Å²) in [6.07, 6.45) is 1.81. The van der Waals surface area contributed by atoms with E-state index in [1.807, 2.05) is 30.0 Å². The first kappa shape index (κ1) is 17.4. The number of benzene rings is 1. The maximum Gasteiger partial charge on any atom is 0.322 e. The third-order valence-electron chi connectivity index (χ3n) is 4.38. The summed E-state index contributed by atoms with van der Waals surface area (Å²) in [6, 6.07) is 11.6. The molecule has 3 rings (SSSR count). The quantitative estimate of drug-likeness (QED) is 0.896. The third kappa shape index (κ3) is 4.76. The minimum absolute atomic E-state index is 0.156. The number of nitrogens with zero attached hydrogens (tertiary/aromatic N) is 2. The van der Waals surface area contributed by atoms with E-state index >= 15 is 0 Å². The van der Waals surface area contributed by atoms with E-state index in [9.17, 15) is 9.18 Å². The van der Waals surface area contributed by atoms with Gasteiger partial charge in [0.25, 0.3) is 0 Å². The largest absolute Gasteiger partial charge is 0.322 e. The summed E-state index contributed by atoms with van der Waals surface area (Å²) in [6.45, 7) is 4.19. The van der Waals surface area contributed by atoms with Gasteiger partial charge < -0.3 is 15.5 Å². The van der Waals surface area contributed by atoms with Crippen LogP contribution in [0.4, 0.5) is 14.9 Å². The van der Waals surface area contributed by atoms with Crippen molar-refractivity contribution in [3.05, 3.63) is 59.7 Å². The average molecular weight is 342 g/mol. The molecular formula is C19H23FN4O. The minimum Gasteiger partial charge on any atom is -0.317 e. The van der Waals surface area contributed by atoms with Gasteiger partial charge in [0, 0.05) is 17.4 Å². The van der Waals surface area contributed by atoms with Crippen molar-refractivity contribution >= 4 is 11.7 Å². The van der Waals surface area contributed by atoms with Gasteiger partial charge >= 0.3 is 6.03 Å². The number of halogens is 1. The molecular weight excluding hydrogens is 319 g/mol. The van der Waals surface area contributed by atoms with Gasteiger partial charge in [-0.3, -0.25) is 4.98 Å². The number of nitrogens with one attached hydrogen (secondary N) is 2. The molecule has 1 aromatic carbocycles. The molecule has 0 radical (unpaired) electrons. The Bertz CT molecular complexity index is 714. The smallest absolute Gasteiger partial charge is 0.317 e. The van der Waals surface area contributed by atoms with E-state index in [1.165, 1.54) is 12.1 Å². The molecule has 0 unspecified atom stereocenters. The van der Waals surface area contributed by atoms with E-state index in [2.05, 4.69) is 15.6 Å². The normalized spacial score (nSPS) is 15.0. The highest BCUT2D eigenvalue weighted by Gasteiger charge is 2.26. The lowest BCUT2D eigenvalue weighted by Crippen LogP contribution is -2.47. The van der Waals surface area contributed by atoms with Crippen molar-refractivity contribution in [1.29, 1.82) is 0 Å². The maximum atomic E-state index is 13.1. The molecule has 0 aliphatic carbocycles. The van der Waals surface area contributed by atoms with Crippen LogP contribution in [0.2, 0.25) is 0 Å². The Morgan fingerprint density at radius 2 is 1.96 bits per heavy atom. The summed E-state index contributed by atoms with van der Waals surface area (Å²) in [5.41, 5.74) is 2.39. The Morgan fingerprint density at radius 1 is 1.24 bits per heavy atom. The lowest BCUT2D eigenvalue weighted by Gasteiger charge is -2.34. The van der Waals surface area contributed by atoms with E-state index in [4.69, 9.17) is 0 Å². The minimum atomic E-state index is -0.322. The van der Waals surface area contributed by atoms with Gasteiger partial charge in [-0.2, -0.15) is 0 Å². The van der Waals surface area contributed by atoms with Gasteiger partial charge in [0.2, 0.25) is 0 Å². The zero-order valence-corrected chi connectivity index (χ0v) is 14.3. The first-order valence-electron chi connectivity index (χ1n) is 8.58. The van der Waals surface area contributed by atoms with Crippen LogP contribution < -0.4 is 10.6 Å². The van der Waals surface area contributed by atoms with Crippen LogP contribution in [-0.2, 0) is 6.54 Å². The zero-order chi connectivity index (χ0) is 17.6. The lowest BCUT2D eigenvalue weighted by molar-refractivity contribution is 0.165. The Hall–Kier alpha value is -2.47. The molecule has 1 aliphatic rings. The topological polar surface area (TPSA) is 57.3 Å². The third-order valence-corrected chi connectivity index (χ3v) is 4.38. The van der Waals surface area contributed by atoms with Crippen molar-refractivity contribution < 1.29 is 9.18 Å². The van der Waals surface area contributed by atoms with E-state index in [1.54, 1.807) is 12.1 Å². The van der Waals surface area contributed by atoms with Gasteiger partial charge in [0.15, 0.2) is 0 Å². The van der Waals surface area contributed by atoms with Crippen molar-refractivity contribution in [2.45, 2.75) is 32.4 Å². The molecule has 132 valence electrons. The van der Waals surface area contributed by atoms with E-state index in [0.29, 0.717) is 12.2 Å². The number of carbonyl (C=O) groups excluding carboxylic acids is 1. The average Bonchev–Trinajstić information content (AvgIpc) is 2.62. The van der Waals surface area contributed by atoms with Gasteiger partial charge in [0.05, 0.1) is 12.2 Å². The molecule has 0 bridgehead atoms. The summed E-state index contributed by atoms with van der Waals surface area (Å²) < 4.78 is 13.1. The summed E-state index contributed by atoms with van der Waals surface area (Å²) >= 11 is 0. The van der Waals surface area contributed by atoms with Crippen molar-refractivity contribution in [3.8, 4) is 0 Å². The fourth-order valence-electron chi connectivity index (χ4n) is 3.08. The molecule has 1 saturated heterocycles. The van der Waals surface area contributed by atoms with Crippen LogP contribution in [-0.4, -0.2) is 35.0 Å². The van der Waals surface area contributed by atoms with Crippen LogP contribution in [0.5, 0.6) is 0 Å².